The van der Waals surface area contributed by atoms with Crippen LogP contribution in [0.3, 0.4) is 0 Å². The largest absolute Gasteiger partial charge is 0.490 e. The van der Waals surface area contributed by atoms with E-state index in [4.69, 9.17) is 10.5 Å². The number of hydrogen-bond donors (Lipinski definition) is 2. The van der Waals surface area contributed by atoms with Gasteiger partial charge in [0.05, 0.1) is 12.2 Å². The molecule has 0 radical (unpaired) electrons. The first kappa shape index (κ1) is 14.8. The highest BCUT2D eigenvalue weighted by Crippen LogP contribution is 2.19. The Balaban J connectivity index is 1.85. The minimum Gasteiger partial charge on any atom is -0.490 e. The lowest BCUT2D eigenvalue weighted by molar-refractivity contribution is 0.0946. The lowest BCUT2D eigenvalue weighted by atomic mass is 10.1. The molecule has 21 heavy (non-hydrogen) atoms. The number of halogens is 1. The predicted molar refractivity (Wildman–Crippen MR) is 79.8 cm³/mol. The molecule has 2 aromatic rings. The topological polar surface area (TPSA) is 64.3 Å². The Labute approximate surface area is 122 Å². The molecule has 0 aliphatic rings. The number of nitrogens with two attached hydrogens (primary N) is 1. The third kappa shape index (κ3) is 3.95. The number of anilines is 1. The Bertz CT molecular complexity index is 644. The molecular formula is C16H17FN2O2. The molecule has 0 saturated heterocycles. The molecule has 3 N–H and O–H groups in total. The summed E-state index contributed by atoms with van der Waals surface area (Å²) in [6, 6.07) is 11.3. The second-order valence-corrected chi connectivity index (χ2v) is 4.60. The second kappa shape index (κ2) is 6.74. The van der Waals surface area contributed by atoms with Gasteiger partial charge in [-0.1, -0.05) is 18.2 Å². The van der Waals surface area contributed by atoms with E-state index in [-0.39, 0.29) is 12.5 Å². The SMILES string of the molecule is Cc1ccc(F)cc1C(=O)NCCOc1ccccc1N. The highest BCUT2D eigenvalue weighted by Gasteiger charge is 2.09. The minimum absolute atomic E-state index is 0.286. The monoisotopic (exact) mass is 288 g/mol. The molecule has 0 atom stereocenters. The molecule has 0 bridgehead atoms. The molecule has 0 aliphatic heterocycles. The molecule has 0 spiro atoms. The first-order chi connectivity index (χ1) is 10.1. The molecule has 0 heterocycles. The van der Waals surface area contributed by atoms with E-state index in [9.17, 15) is 9.18 Å². The zero-order valence-electron chi connectivity index (χ0n) is 11.7. The van der Waals surface area contributed by atoms with Crippen molar-refractivity contribution >= 4 is 11.6 Å². The zero-order chi connectivity index (χ0) is 15.2. The van der Waals surface area contributed by atoms with Crippen LogP contribution in [0.5, 0.6) is 5.75 Å². The van der Waals surface area contributed by atoms with Gasteiger partial charge in [0.1, 0.15) is 18.2 Å². The summed E-state index contributed by atoms with van der Waals surface area (Å²) in [4.78, 5) is 11.9. The highest BCUT2D eigenvalue weighted by molar-refractivity contribution is 5.95. The summed E-state index contributed by atoms with van der Waals surface area (Å²) < 4.78 is 18.6. The van der Waals surface area contributed by atoms with Gasteiger partial charge in [-0.3, -0.25) is 4.79 Å². The Hall–Kier alpha value is -2.56. The van der Waals surface area contributed by atoms with Crippen molar-refractivity contribution in [2.75, 3.05) is 18.9 Å². The van der Waals surface area contributed by atoms with Crippen LogP contribution in [0.15, 0.2) is 42.5 Å². The van der Waals surface area contributed by atoms with E-state index >= 15 is 0 Å². The average molecular weight is 288 g/mol. The number of hydrogen-bond acceptors (Lipinski definition) is 3. The lowest BCUT2D eigenvalue weighted by Gasteiger charge is -2.10. The molecule has 0 unspecified atom stereocenters. The van der Waals surface area contributed by atoms with E-state index in [1.807, 2.05) is 12.1 Å². The normalized spacial score (nSPS) is 10.2. The molecule has 2 aromatic carbocycles. The van der Waals surface area contributed by atoms with E-state index in [1.165, 1.54) is 12.1 Å². The van der Waals surface area contributed by atoms with Gasteiger partial charge in [-0.2, -0.15) is 0 Å². The summed E-state index contributed by atoms with van der Waals surface area (Å²) in [6.45, 7) is 2.35. The highest BCUT2D eigenvalue weighted by atomic mass is 19.1. The molecular weight excluding hydrogens is 271 g/mol. The van der Waals surface area contributed by atoms with Crippen LogP contribution in [0.25, 0.3) is 0 Å². The fourth-order valence-corrected chi connectivity index (χ4v) is 1.87. The standard InChI is InChI=1S/C16H17FN2O2/c1-11-6-7-12(17)10-13(11)16(20)19-8-9-21-15-5-3-2-4-14(15)18/h2-7,10H,8-9,18H2,1H3,(H,19,20). The number of rotatable bonds is 5. The van der Waals surface area contributed by atoms with Crippen LogP contribution >= 0.6 is 0 Å². The van der Waals surface area contributed by atoms with Gasteiger partial charge < -0.3 is 15.8 Å². The molecule has 0 fully saturated rings. The minimum atomic E-state index is -0.431. The van der Waals surface area contributed by atoms with E-state index in [1.54, 1.807) is 25.1 Å². The van der Waals surface area contributed by atoms with Crippen molar-refractivity contribution in [2.45, 2.75) is 6.92 Å². The summed E-state index contributed by atoms with van der Waals surface area (Å²) in [5.41, 5.74) is 7.33. The van der Waals surface area contributed by atoms with Gasteiger partial charge in [0.15, 0.2) is 0 Å². The van der Waals surface area contributed by atoms with Crippen molar-refractivity contribution in [3.05, 3.63) is 59.4 Å². The number of benzene rings is 2. The van der Waals surface area contributed by atoms with Crippen molar-refractivity contribution in [1.29, 1.82) is 0 Å². The van der Waals surface area contributed by atoms with Crippen molar-refractivity contribution in [2.24, 2.45) is 0 Å². The molecule has 0 aliphatic carbocycles. The van der Waals surface area contributed by atoms with E-state index in [0.717, 1.165) is 5.56 Å². The summed E-state index contributed by atoms with van der Waals surface area (Å²) in [7, 11) is 0. The Kier molecular flexibility index (Phi) is 4.77. The average Bonchev–Trinajstić information content (AvgIpc) is 2.47. The van der Waals surface area contributed by atoms with Gasteiger partial charge in [0.25, 0.3) is 5.91 Å². The van der Waals surface area contributed by atoms with Crippen LogP contribution in [-0.4, -0.2) is 19.1 Å². The van der Waals surface area contributed by atoms with Crippen LogP contribution < -0.4 is 15.8 Å². The van der Waals surface area contributed by atoms with Crippen LogP contribution in [-0.2, 0) is 0 Å². The van der Waals surface area contributed by atoms with Gasteiger partial charge in [-0.15, -0.1) is 0 Å². The van der Waals surface area contributed by atoms with E-state index in [2.05, 4.69) is 5.32 Å². The number of nitrogens with one attached hydrogen (secondary N) is 1. The number of amides is 1. The van der Waals surface area contributed by atoms with Crippen molar-refractivity contribution < 1.29 is 13.9 Å². The van der Waals surface area contributed by atoms with Crippen molar-refractivity contribution in [3.63, 3.8) is 0 Å². The summed E-state index contributed by atoms with van der Waals surface area (Å²) in [6.07, 6.45) is 0. The third-order valence-electron chi connectivity index (χ3n) is 3.01. The molecule has 110 valence electrons. The molecule has 0 aromatic heterocycles. The zero-order valence-corrected chi connectivity index (χ0v) is 11.7. The maximum Gasteiger partial charge on any atom is 0.251 e. The van der Waals surface area contributed by atoms with Crippen LogP contribution in [0.2, 0.25) is 0 Å². The van der Waals surface area contributed by atoms with Crippen LogP contribution in [0, 0.1) is 12.7 Å². The predicted octanol–water partition coefficient (Wildman–Crippen LogP) is 2.53. The van der Waals surface area contributed by atoms with Crippen LogP contribution in [0.1, 0.15) is 15.9 Å². The third-order valence-corrected chi connectivity index (χ3v) is 3.01. The molecule has 5 heteroatoms. The number of carbonyl (C=O) groups is 1. The number of nitrogen functional groups attached to an aromatic ring is 1. The van der Waals surface area contributed by atoms with E-state index < -0.39 is 5.82 Å². The number of carbonyl (C=O) groups excluding carboxylic acids is 1. The summed E-state index contributed by atoms with van der Waals surface area (Å²) >= 11 is 0. The summed E-state index contributed by atoms with van der Waals surface area (Å²) in [5, 5.41) is 2.69. The van der Waals surface area contributed by atoms with E-state index in [0.29, 0.717) is 23.5 Å². The second-order valence-electron chi connectivity index (χ2n) is 4.60. The first-order valence-electron chi connectivity index (χ1n) is 6.59. The maximum atomic E-state index is 13.1. The van der Waals surface area contributed by atoms with Crippen LogP contribution in [0.4, 0.5) is 10.1 Å². The smallest absolute Gasteiger partial charge is 0.251 e. The number of para-hydroxylation sites is 2. The van der Waals surface area contributed by atoms with Gasteiger partial charge in [0, 0.05) is 5.56 Å². The fraction of sp³-hybridized carbons (Fsp3) is 0.188. The number of aryl methyl sites for hydroxylation is 1. The maximum absolute atomic E-state index is 13.1. The Morgan fingerprint density at radius 1 is 1.29 bits per heavy atom. The van der Waals surface area contributed by atoms with Gasteiger partial charge in [0.2, 0.25) is 0 Å². The van der Waals surface area contributed by atoms with Gasteiger partial charge in [-0.05, 0) is 36.8 Å². The molecule has 1 amide bonds. The summed E-state index contributed by atoms with van der Waals surface area (Å²) in [5.74, 6) is -0.177. The van der Waals surface area contributed by atoms with Gasteiger partial charge in [-0.25, -0.2) is 4.39 Å². The molecule has 0 saturated carbocycles. The van der Waals surface area contributed by atoms with Crippen molar-refractivity contribution in [1.82, 2.24) is 5.32 Å². The number of ether oxygens (including phenoxy) is 1. The van der Waals surface area contributed by atoms with Gasteiger partial charge >= 0.3 is 0 Å². The molecule has 4 nitrogen and oxygen atoms in total. The molecule has 2 rings (SSSR count). The first-order valence-corrected chi connectivity index (χ1v) is 6.59. The lowest BCUT2D eigenvalue weighted by Crippen LogP contribution is -2.28. The van der Waals surface area contributed by atoms with Crippen molar-refractivity contribution in [3.8, 4) is 5.75 Å². The Morgan fingerprint density at radius 3 is 2.81 bits per heavy atom. The Morgan fingerprint density at radius 2 is 2.05 bits per heavy atom. The quantitative estimate of drug-likeness (QED) is 0.656. The fourth-order valence-electron chi connectivity index (χ4n) is 1.87.